The van der Waals surface area contributed by atoms with Crippen LogP contribution in [0.5, 0.6) is 0 Å². The summed E-state index contributed by atoms with van der Waals surface area (Å²) in [4.78, 5) is 0. The smallest absolute Gasteiger partial charge is 0.0866 e. The standard InChI is InChI=1S/C16H16O/c1-12-8-9-17-16(10-12)15-7-6-13-4-2-3-5-14(13)11-15/h2-8,11,16H,9-10H2,1H3. The largest absolute Gasteiger partial charge is 0.369 e. The number of benzene rings is 2. The third-order valence-corrected chi connectivity index (χ3v) is 3.38. The van der Waals surface area contributed by atoms with Crippen LogP contribution in [0.1, 0.15) is 25.0 Å². The van der Waals surface area contributed by atoms with E-state index in [0.29, 0.717) is 0 Å². The molecule has 0 aromatic heterocycles. The van der Waals surface area contributed by atoms with Crippen molar-refractivity contribution >= 4 is 10.8 Å². The molecule has 1 nitrogen and oxygen atoms in total. The van der Waals surface area contributed by atoms with Crippen LogP contribution in [0.3, 0.4) is 0 Å². The van der Waals surface area contributed by atoms with E-state index in [4.69, 9.17) is 4.74 Å². The zero-order valence-corrected chi connectivity index (χ0v) is 10.0. The van der Waals surface area contributed by atoms with Gasteiger partial charge in [-0.15, -0.1) is 0 Å². The van der Waals surface area contributed by atoms with Gasteiger partial charge in [0.1, 0.15) is 0 Å². The van der Waals surface area contributed by atoms with E-state index in [9.17, 15) is 0 Å². The Bertz CT molecular complexity index is 569. The minimum atomic E-state index is 0.226. The zero-order valence-electron chi connectivity index (χ0n) is 10.0. The third kappa shape index (κ3) is 2.11. The average molecular weight is 224 g/mol. The third-order valence-electron chi connectivity index (χ3n) is 3.38. The summed E-state index contributed by atoms with van der Waals surface area (Å²) in [6, 6.07) is 15.1. The van der Waals surface area contributed by atoms with Gasteiger partial charge in [-0.1, -0.05) is 48.0 Å². The maximum absolute atomic E-state index is 5.81. The lowest BCUT2D eigenvalue weighted by molar-refractivity contribution is 0.0642. The van der Waals surface area contributed by atoms with Gasteiger partial charge in [-0.2, -0.15) is 0 Å². The molecule has 1 aliphatic rings. The first-order valence-electron chi connectivity index (χ1n) is 6.09. The van der Waals surface area contributed by atoms with E-state index in [-0.39, 0.29) is 6.10 Å². The van der Waals surface area contributed by atoms with Crippen LogP contribution in [0.4, 0.5) is 0 Å². The molecule has 2 aromatic rings. The maximum atomic E-state index is 5.81. The number of hydrogen-bond donors (Lipinski definition) is 0. The highest BCUT2D eigenvalue weighted by Gasteiger charge is 2.15. The van der Waals surface area contributed by atoms with Crippen molar-refractivity contribution in [3.05, 3.63) is 59.7 Å². The van der Waals surface area contributed by atoms with Crippen LogP contribution in [0.25, 0.3) is 10.8 Å². The number of rotatable bonds is 1. The molecule has 0 saturated carbocycles. The molecule has 1 aliphatic heterocycles. The van der Waals surface area contributed by atoms with Crippen molar-refractivity contribution in [3.63, 3.8) is 0 Å². The molecule has 0 saturated heterocycles. The fourth-order valence-corrected chi connectivity index (χ4v) is 2.36. The van der Waals surface area contributed by atoms with Crippen molar-refractivity contribution in [2.24, 2.45) is 0 Å². The van der Waals surface area contributed by atoms with Crippen molar-refractivity contribution in [2.75, 3.05) is 6.61 Å². The Balaban J connectivity index is 1.98. The summed E-state index contributed by atoms with van der Waals surface area (Å²) in [7, 11) is 0. The second-order valence-corrected chi connectivity index (χ2v) is 4.68. The minimum Gasteiger partial charge on any atom is -0.369 e. The molecule has 0 aliphatic carbocycles. The summed E-state index contributed by atoms with van der Waals surface area (Å²) in [6.45, 7) is 2.92. The number of hydrogen-bond acceptors (Lipinski definition) is 1. The molecule has 17 heavy (non-hydrogen) atoms. The Morgan fingerprint density at radius 3 is 2.71 bits per heavy atom. The Morgan fingerprint density at radius 2 is 1.88 bits per heavy atom. The van der Waals surface area contributed by atoms with Crippen LogP contribution in [0.15, 0.2) is 54.1 Å². The molecule has 0 radical (unpaired) electrons. The summed E-state index contributed by atoms with van der Waals surface area (Å²) in [6.07, 6.45) is 3.40. The molecule has 1 heterocycles. The molecule has 3 rings (SSSR count). The minimum absolute atomic E-state index is 0.226. The van der Waals surface area contributed by atoms with Gasteiger partial charge < -0.3 is 4.74 Å². The fraction of sp³-hybridized carbons (Fsp3) is 0.250. The SMILES string of the molecule is CC1=CCOC(c2ccc3ccccc3c2)C1. The lowest BCUT2D eigenvalue weighted by Crippen LogP contribution is -2.10. The molecule has 1 atom stereocenters. The van der Waals surface area contributed by atoms with Gasteiger partial charge in [0, 0.05) is 0 Å². The van der Waals surface area contributed by atoms with Gasteiger partial charge in [0.05, 0.1) is 12.7 Å². The molecular formula is C16H16O. The summed E-state index contributed by atoms with van der Waals surface area (Å²) < 4.78 is 5.81. The topological polar surface area (TPSA) is 9.23 Å². The Kier molecular flexibility index (Phi) is 2.69. The second-order valence-electron chi connectivity index (χ2n) is 4.68. The highest BCUT2D eigenvalue weighted by Crippen LogP contribution is 2.30. The van der Waals surface area contributed by atoms with Crippen LogP contribution >= 0.6 is 0 Å². The van der Waals surface area contributed by atoms with E-state index in [2.05, 4.69) is 55.5 Å². The van der Waals surface area contributed by atoms with E-state index >= 15 is 0 Å². The normalized spacial score (nSPS) is 20.3. The Morgan fingerprint density at radius 1 is 1.06 bits per heavy atom. The molecule has 1 heteroatoms. The van der Waals surface area contributed by atoms with Crippen molar-refractivity contribution in [1.29, 1.82) is 0 Å². The van der Waals surface area contributed by atoms with Gasteiger partial charge in [-0.25, -0.2) is 0 Å². The first-order chi connectivity index (χ1) is 8.33. The van der Waals surface area contributed by atoms with Crippen LogP contribution in [-0.2, 0) is 4.74 Å². The highest BCUT2D eigenvalue weighted by atomic mass is 16.5. The first kappa shape index (κ1) is 10.5. The van der Waals surface area contributed by atoms with Gasteiger partial charge in [0.15, 0.2) is 0 Å². The second kappa shape index (κ2) is 4.34. The predicted molar refractivity (Wildman–Crippen MR) is 71.0 cm³/mol. The van der Waals surface area contributed by atoms with Gasteiger partial charge in [-0.3, -0.25) is 0 Å². The van der Waals surface area contributed by atoms with E-state index in [1.54, 1.807) is 0 Å². The Hall–Kier alpha value is -1.60. The summed E-state index contributed by atoms with van der Waals surface area (Å²) in [5.41, 5.74) is 2.71. The lowest BCUT2D eigenvalue weighted by Gasteiger charge is -2.22. The lowest BCUT2D eigenvalue weighted by atomic mass is 9.98. The van der Waals surface area contributed by atoms with Crippen LogP contribution < -0.4 is 0 Å². The number of fused-ring (bicyclic) bond motifs is 1. The molecule has 0 spiro atoms. The maximum Gasteiger partial charge on any atom is 0.0866 e. The molecule has 86 valence electrons. The van der Waals surface area contributed by atoms with E-state index < -0.39 is 0 Å². The van der Waals surface area contributed by atoms with Crippen molar-refractivity contribution in [2.45, 2.75) is 19.4 Å². The number of ether oxygens (including phenoxy) is 1. The van der Waals surface area contributed by atoms with Crippen molar-refractivity contribution in [1.82, 2.24) is 0 Å². The quantitative estimate of drug-likeness (QED) is 0.658. The van der Waals surface area contributed by atoms with Gasteiger partial charge in [0.2, 0.25) is 0 Å². The molecule has 1 unspecified atom stereocenters. The van der Waals surface area contributed by atoms with Crippen molar-refractivity contribution < 1.29 is 4.74 Å². The monoisotopic (exact) mass is 224 g/mol. The van der Waals surface area contributed by atoms with Gasteiger partial charge in [0.25, 0.3) is 0 Å². The summed E-state index contributed by atoms with van der Waals surface area (Å²) in [5.74, 6) is 0. The van der Waals surface area contributed by atoms with Gasteiger partial charge >= 0.3 is 0 Å². The van der Waals surface area contributed by atoms with Crippen LogP contribution in [-0.4, -0.2) is 6.61 Å². The molecule has 0 amide bonds. The van der Waals surface area contributed by atoms with Crippen LogP contribution in [0.2, 0.25) is 0 Å². The van der Waals surface area contributed by atoms with E-state index in [0.717, 1.165) is 13.0 Å². The summed E-state index contributed by atoms with van der Waals surface area (Å²) >= 11 is 0. The fourth-order valence-electron chi connectivity index (χ4n) is 2.36. The van der Waals surface area contributed by atoms with E-state index in [1.165, 1.54) is 21.9 Å². The molecule has 0 bridgehead atoms. The molecule has 0 fully saturated rings. The predicted octanol–water partition coefficient (Wildman–Crippen LogP) is 4.25. The van der Waals surface area contributed by atoms with Crippen LogP contribution in [0, 0.1) is 0 Å². The molecular weight excluding hydrogens is 208 g/mol. The Labute approximate surface area is 102 Å². The van der Waals surface area contributed by atoms with Crippen molar-refractivity contribution in [3.8, 4) is 0 Å². The van der Waals surface area contributed by atoms with Gasteiger partial charge in [-0.05, 0) is 35.7 Å². The zero-order chi connectivity index (χ0) is 11.7. The molecule has 0 N–H and O–H groups in total. The van der Waals surface area contributed by atoms with E-state index in [1.807, 2.05) is 0 Å². The highest BCUT2D eigenvalue weighted by molar-refractivity contribution is 5.83. The summed E-state index contributed by atoms with van der Waals surface area (Å²) in [5, 5.41) is 2.58. The first-order valence-corrected chi connectivity index (χ1v) is 6.09. The average Bonchev–Trinajstić information content (AvgIpc) is 2.38. The molecule has 2 aromatic carbocycles.